The number of aliphatic hydroxyl groups excluding tert-OH is 1. The normalized spacial score (nSPS) is 23.8. The molecule has 0 radical (unpaired) electrons. The molecule has 3 rings (SSSR count). The van der Waals surface area contributed by atoms with Crippen LogP contribution in [-0.4, -0.2) is 34.5 Å². The lowest BCUT2D eigenvalue weighted by Gasteiger charge is -2.35. The molecular formula is C14H16ClN3O. The van der Waals surface area contributed by atoms with Gasteiger partial charge in [0, 0.05) is 23.9 Å². The molecule has 0 amide bonds. The summed E-state index contributed by atoms with van der Waals surface area (Å²) >= 11 is 6.09. The zero-order valence-electron chi connectivity index (χ0n) is 10.8. The van der Waals surface area contributed by atoms with Crippen LogP contribution in [0.2, 0.25) is 5.15 Å². The summed E-state index contributed by atoms with van der Waals surface area (Å²) in [5, 5.41) is 20.5. The Morgan fingerprint density at radius 3 is 2.74 bits per heavy atom. The fourth-order valence-corrected chi connectivity index (χ4v) is 2.82. The van der Waals surface area contributed by atoms with Crippen molar-refractivity contribution in [1.82, 2.24) is 10.2 Å². The zero-order chi connectivity index (χ0) is 13.4. The van der Waals surface area contributed by atoms with Crippen molar-refractivity contribution in [3.63, 3.8) is 0 Å². The van der Waals surface area contributed by atoms with Crippen LogP contribution in [0.15, 0.2) is 24.3 Å². The number of fused-ring (bicyclic) bond motifs is 1. The van der Waals surface area contributed by atoms with E-state index in [0.29, 0.717) is 5.15 Å². The third kappa shape index (κ3) is 2.26. The van der Waals surface area contributed by atoms with Crippen molar-refractivity contribution in [2.24, 2.45) is 5.92 Å². The lowest BCUT2D eigenvalue weighted by Crippen LogP contribution is -2.42. The number of aromatic nitrogens is 2. The van der Waals surface area contributed by atoms with Crippen LogP contribution < -0.4 is 4.90 Å². The Labute approximate surface area is 117 Å². The average molecular weight is 278 g/mol. The molecule has 4 nitrogen and oxygen atoms in total. The number of rotatable bonds is 1. The van der Waals surface area contributed by atoms with Gasteiger partial charge in [-0.15, -0.1) is 10.2 Å². The molecule has 5 heteroatoms. The molecule has 1 aliphatic rings. The zero-order valence-corrected chi connectivity index (χ0v) is 11.5. The Hall–Kier alpha value is -1.39. The Morgan fingerprint density at radius 2 is 2.00 bits per heavy atom. The van der Waals surface area contributed by atoms with Crippen LogP contribution in [0.5, 0.6) is 0 Å². The van der Waals surface area contributed by atoms with Crippen molar-refractivity contribution < 1.29 is 5.11 Å². The van der Waals surface area contributed by atoms with E-state index in [1.54, 1.807) is 0 Å². The second-order valence-corrected chi connectivity index (χ2v) is 5.50. The minimum Gasteiger partial charge on any atom is -0.393 e. The minimum atomic E-state index is -0.220. The van der Waals surface area contributed by atoms with Crippen LogP contribution >= 0.6 is 11.6 Å². The van der Waals surface area contributed by atoms with E-state index >= 15 is 0 Å². The van der Waals surface area contributed by atoms with Gasteiger partial charge in [-0.1, -0.05) is 42.8 Å². The lowest BCUT2D eigenvalue weighted by atomic mass is 9.96. The number of nitrogens with zero attached hydrogens (tertiary/aromatic N) is 3. The third-order valence-electron chi connectivity index (χ3n) is 3.78. The molecule has 100 valence electrons. The Kier molecular flexibility index (Phi) is 3.29. The van der Waals surface area contributed by atoms with Crippen molar-refractivity contribution in [3.05, 3.63) is 29.4 Å². The van der Waals surface area contributed by atoms with Crippen LogP contribution in [0.1, 0.15) is 13.3 Å². The first-order valence-electron chi connectivity index (χ1n) is 6.50. The molecule has 2 unspecified atom stereocenters. The number of anilines is 1. The number of aliphatic hydroxyl groups is 1. The summed E-state index contributed by atoms with van der Waals surface area (Å²) in [6, 6.07) is 7.90. The first kappa shape index (κ1) is 12.6. The Balaban J connectivity index is 2.04. The summed E-state index contributed by atoms with van der Waals surface area (Å²) in [5.74, 6) is 1.10. The molecule has 1 fully saturated rings. The van der Waals surface area contributed by atoms with Gasteiger partial charge in [0.15, 0.2) is 11.0 Å². The van der Waals surface area contributed by atoms with E-state index in [2.05, 4.69) is 22.0 Å². The molecule has 1 aromatic carbocycles. The number of hydrogen-bond acceptors (Lipinski definition) is 4. The fourth-order valence-electron chi connectivity index (χ4n) is 2.62. The van der Waals surface area contributed by atoms with Gasteiger partial charge in [-0.3, -0.25) is 0 Å². The summed E-state index contributed by atoms with van der Waals surface area (Å²) in [7, 11) is 0. The lowest BCUT2D eigenvalue weighted by molar-refractivity contribution is 0.0969. The number of hydrogen-bond donors (Lipinski definition) is 1. The van der Waals surface area contributed by atoms with E-state index in [9.17, 15) is 5.11 Å². The molecule has 1 N–H and O–H groups in total. The van der Waals surface area contributed by atoms with Gasteiger partial charge in [0.2, 0.25) is 0 Å². The largest absolute Gasteiger partial charge is 0.393 e. The second kappa shape index (κ2) is 4.94. The molecule has 1 aromatic heterocycles. The van der Waals surface area contributed by atoms with Gasteiger partial charge in [0.25, 0.3) is 0 Å². The Bertz CT molecular complexity index is 604. The molecule has 19 heavy (non-hydrogen) atoms. The quantitative estimate of drug-likeness (QED) is 0.870. The highest BCUT2D eigenvalue weighted by Crippen LogP contribution is 2.30. The van der Waals surface area contributed by atoms with Crippen molar-refractivity contribution in [2.45, 2.75) is 19.4 Å². The molecule has 0 bridgehead atoms. The molecule has 2 atom stereocenters. The topological polar surface area (TPSA) is 49.2 Å². The van der Waals surface area contributed by atoms with E-state index in [0.717, 1.165) is 36.1 Å². The summed E-state index contributed by atoms with van der Waals surface area (Å²) in [4.78, 5) is 2.18. The highest BCUT2D eigenvalue weighted by molar-refractivity contribution is 6.34. The highest BCUT2D eigenvalue weighted by Gasteiger charge is 2.26. The van der Waals surface area contributed by atoms with Gasteiger partial charge in [0.05, 0.1) is 6.10 Å². The van der Waals surface area contributed by atoms with Gasteiger partial charge in [-0.2, -0.15) is 0 Å². The van der Waals surface area contributed by atoms with Crippen LogP contribution in [0, 0.1) is 5.92 Å². The average Bonchev–Trinajstić information content (AvgIpc) is 2.43. The van der Waals surface area contributed by atoms with Crippen molar-refractivity contribution in [1.29, 1.82) is 0 Å². The van der Waals surface area contributed by atoms with Crippen LogP contribution in [0.3, 0.4) is 0 Å². The molecule has 2 aromatic rings. The molecule has 1 saturated heterocycles. The van der Waals surface area contributed by atoms with E-state index in [1.165, 1.54) is 0 Å². The van der Waals surface area contributed by atoms with Crippen molar-refractivity contribution >= 4 is 28.2 Å². The summed E-state index contributed by atoms with van der Waals surface area (Å²) < 4.78 is 0. The molecule has 0 saturated carbocycles. The van der Waals surface area contributed by atoms with Crippen molar-refractivity contribution in [2.75, 3.05) is 18.0 Å². The molecule has 0 spiro atoms. The second-order valence-electron chi connectivity index (χ2n) is 5.14. The number of halogens is 1. The minimum absolute atomic E-state index is 0.220. The number of piperidine rings is 1. The van der Waals surface area contributed by atoms with Crippen LogP contribution in [-0.2, 0) is 0 Å². The summed E-state index contributed by atoms with van der Waals surface area (Å²) in [6.07, 6.45) is 0.544. The highest BCUT2D eigenvalue weighted by atomic mass is 35.5. The van der Waals surface area contributed by atoms with Gasteiger partial charge < -0.3 is 10.0 Å². The maximum atomic E-state index is 9.82. The standard InChI is InChI=1S/C14H16ClN3O/c1-9-8-18(7-6-12(9)19)14-11-5-3-2-4-10(11)13(15)16-17-14/h2-5,9,12,19H,6-8H2,1H3. The number of benzene rings is 1. The first-order chi connectivity index (χ1) is 9.16. The molecule has 0 aliphatic carbocycles. The molecule has 1 aliphatic heterocycles. The van der Waals surface area contributed by atoms with Crippen LogP contribution in [0.25, 0.3) is 10.8 Å². The van der Waals surface area contributed by atoms with Crippen LogP contribution in [0.4, 0.5) is 5.82 Å². The summed E-state index contributed by atoms with van der Waals surface area (Å²) in [6.45, 7) is 3.65. The SMILES string of the molecule is CC1CN(c2nnc(Cl)c3ccccc23)CCC1O. The van der Waals surface area contributed by atoms with E-state index in [4.69, 9.17) is 11.6 Å². The van der Waals surface area contributed by atoms with Crippen molar-refractivity contribution in [3.8, 4) is 0 Å². The Morgan fingerprint density at radius 1 is 1.26 bits per heavy atom. The smallest absolute Gasteiger partial charge is 0.159 e. The predicted octanol–water partition coefficient (Wildman–Crippen LogP) is 2.49. The predicted molar refractivity (Wildman–Crippen MR) is 76.5 cm³/mol. The molecule has 2 heterocycles. The van der Waals surface area contributed by atoms with E-state index < -0.39 is 0 Å². The van der Waals surface area contributed by atoms with E-state index in [-0.39, 0.29) is 12.0 Å². The maximum Gasteiger partial charge on any atom is 0.159 e. The van der Waals surface area contributed by atoms with E-state index in [1.807, 2.05) is 24.3 Å². The molecular weight excluding hydrogens is 262 g/mol. The first-order valence-corrected chi connectivity index (χ1v) is 6.88. The van der Waals surface area contributed by atoms with Gasteiger partial charge >= 0.3 is 0 Å². The summed E-state index contributed by atoms with van der Waals surface area (Å²) in [5.41, 5.74) is 0. The monoisotopic (exact) mass is 277 g/mol. The fraction of sp³-hybridized carbons (Fsp3) is 0.429. The third-order valence-corrected chi connectivity index (χ3v) is 4.06. The van der Waals surface area contributed by atoms with Gasteiger partial charge in [-0.05, 0) is 12.3 Å². The van der Waals surface area contributed by atoms with Gasteiger partial charge in [-0.25, -0.2) is 0 Å². The maximum absolute atomic E-state index is 9.82. The van der Waals surface area contributed by atoms with Gasteiger partial charge in [0.1, 0.15) is 0 Å².